The highest BCUT2D eigenvalue weighted by Gasteiger charge is 2.49. The fraction of sp³-hybridized carbons (Fsp3) is 0.400. The quantitative estimate of drug-likeness (QED) is 0.690. The van der Waals surface area contributed by atoms with Crippen molar-refractivity contribution < 1.29 is 22.4 Å². The van der Waals surface area contributed by atoms with E-state index in [4.69, 9.17) is 0 Å². The van der Waals surface area contributed by atoms with Gasteiger partial charge in [-0.25, -0.2) is 12.8 Å². The molecule has 1 N–H and O–H groups in total. The molecular weight excluding hydrogens is 429 g/mol. The summed E-state index contributed by atoms with van der Waals surface area (Å²) in [7, 11) is -3.65. The van der Waals surface area contributed by atoms with Crippen molar-refractivity contribution in [2.75, 3.05) is 25.9 Å². The Morgan fingerprint density at radius 2 is 1.97 bits per heavy atom. The maximum Gasteiger partial charge on any atom is 0.247 e. The second-order valence-electron chi connectivity index (χ2n) is 7.49. The fourth-order valence-corrected chi connectivity index (χ4v) is 4.98. The van der Waals surface area contributed by atoms with Crippen molar-refractivity contribution >= 4 is 33.2 Å². The molecule has 1 fully saturated rings. The zero-order chi connectivity index (χ0) is 21.9. The predicted molar refractivity (Wildman–Crippen MR) is 113 cm³/mol. The van der Waals surface area contributed by atoms with Crippen LogP contribution in [0.25, 0.3) is 0 Å². The molecule has 0 saturated carbocycles. The molecule has 1 saturated heterocycles. The summed E-state index contributed by atoms with van der Waals surface area (Å²) in [5.41, 5.74) is -0.670. The largest absolute Gasteiger partial charge is 0.350 e. The number of thiophene rings is 1. The van der Waals surface area contributed by atoms with Crippen LogP contribution in [0.4, 0.5) is 4.39 Å². The van der Waals surface area contributed by atoms with Crippen LogP contribution >= 0.6 is 11.3 Å². The van der Waals surface area contributed by atoms with E-state index in [0.717, 1.165) is 15.4 Å². The Labute approximate surface area is 179 Å². The zero-order valence-electron chi connectivity index (χ0n) is 16.8. The molecule has 3 rings (SSSR count). The summed E-state index contributed by atoms with van der Waals surface area (Å²) < 4.78 is 38.3. The number of nitrogens with zero attached hydrogens (tertiary/aromatic N) is 2. The van der Waals surface area contributed by atoms with Crippen molar-refractivity contribution in [1.82, 2.24) is 14.5 Å². The fourth-order valence-electron chi connectivity index (χ4n) is 3.45. The summed E-state index contributed by atoms with van der Waals surface area (Å²) in [4.78, 5) is 28.5. The lowest BCUT2D eigenvalue weighted by molar-refractivity contribution is -0.152. The monoisotopic (exact) mass is 453 g/mol. The number of halogens is 1. The minimum atomic E-state index is -3.65. The molecule has 1 atom stereocenters. The Hall–Kier alpha value is -2.30. The van der Waals surface area contributed by atoms with Crippen LogP contribution in [0.5, 0.6) is 0 Å². The van der Waals surface area contributed by atoms with E-state index in [1.54, 1.807) is 30.4 Å². The van der Waals surface area contributed by atoms with E-state index in [0.29, 0.717) is 18.5 Å². The van der Waals surface area contributed by atoms with E-state index in [2.05, 4.69) is 5.32 Å². The van der Waals surface area contributed by atoms with Gasteiger partial charge in [0.2, 0.25) is 21.8 Å². The number of piperazine rings is 1. The number of carbonyl (C=O) groups is 2. The van der Waals surface area contributed by atoms with Crippen LogP contribution in [0, 0.1) is 5.82 Å². The van der Waals surface area contributed by atoms with Crippen LogP contribution in [0.3, 0.4) is 0 Å². The number of carbonyl (C=O) groups excluding carboxylic acids is 2. The highest BCUT2D eigenvalue weighted by molar-refractivity contribution is 7.88. The number of sulfonamides is 1. The number of amides is 2. The molecule has 0 spiro atoms. The second kappa shape index (κ2) is 8.83. The second-order valence-corrected chi connectivity index (χ2v) is 10.5. The van der Waals surface area contributed by atoms with E-state index >= 15 is 0 Å². The van der Waals surface area contributed by atoms with Crippen molar-refractivity contribution in [1.29, 1.82) is 0 Å². The third-order valence-corrected chi connectivity index (χ3v) is 7.31. The lowest BCUT2D eigenvalue weighted by Crippen LogP contribution is -2.69. The Bertz CT molecular complexity index is 1010. The molecule has 2 aromatic rings. The highest BCUT2D eigenvalue weighted by Crippen LogP contribution is 2.26. The normalized spacial score (nSPS) is 20.4. The van der Waals surface area contributed by atoms with Crippen LogP contribution in [0.15, 0.2) is 41.8 Å². The molecule has 162 valence electrons. The molecule has 1 aromatic carbocycles. The zero-order valence-corrected chi connectivity index (χ0v) is 18.4. The topological polar surface area (TPSA) is 86.8 Å². The van der Waals surface area contributed by atoms with Gasteiger partial charge in [0.15, 0.2) is 0 Å². The average molecular weight is 454 g/mol. The van der Waals surface area contributed by atoms with Gasteiger partial charge in [-0.2, -0.15) is 4.31 Å². The molecule has 7 nitrogen and oxygen atoms in total. The minimum Gasteiger partial charge on any atom is -0.350 e. The Kier molecular flexibility index (Phi) is 6.59. The van der Waals surface area contributed by atoms with Gasteiger partial charge in [0.05, 0.1) is 12.8 Å². The lowest BCUT2D eigenvalue weighted by atomic mass is 9.95. The third-order valence-electron chi connectivity index (χ3n) is 5.18. The van der Waals surface area contributed by atoms with Crippen LogP contribution in [-0.4, -0.2) is 60.9 Å². The van der Waals surface area contributed by atoms with E-state index in [-0.39, 0.29) is 25.5 Å². The molecule has 2 amide bonds. The first-order chi connectivity index (χ1) is 14.1. The Morgan fingerprint density at radius 1 is 1.27 bits per heavy atom. The van der Waals surface area contributed by atoms with Gasteiger partial charge in [0.25, 0.3) is 0 Å². The summed E-state index contributed by atoms with van der Waals surface area (Å²) in [6.07, 6.45) is 1.60. The van der Waals surface area contributed by atoms with Gasteiger partial charge in [-0.15, -0.1) is 11.3 Å². The maximum atomic E-state index is 13.2. The number of benzene rings is 1. The molecule has 1 aliphatic heterocycles. The summed E-state index contributed by atoms with van der Waals surface area (Å²) >= 11 is 1.56. The predicted octanol–water partition coefficient (Wildman–Crippen LogP) is 1.61. The number of hydrogen-bond acceptors (Lipinski definition) is 5. The maximum absolute atomic E-state index is 13.2. The van der Waals surface area contributed by atoms with Crippen LogP contribution in [-0.2, 0) is 32.6 Å². The minimum absolute atomic E-state index is 0.128. The molecule has 0 aliphatic carbocycles. The Morgan fingerprint density at radius 3 is 2.57 bits per heavy atom. The van der Waals surface area contributed by atoms with E-state index in [9.17, 15) is 22.4 Å². The number of rotatable bonds is 7. The molecule has 10 heteroatoms. The summed E-state index contributed by atoms with van der Waals surface area (Å²) in [6.45, 7) is 1.61. The lowest BCUT2D eigenvalue weighted by Gasteiger charge is -2.46. The molecule has 0 bridgehead atoms. The highest BCUT2D eigenvalue weighted by atomic mass is 32.2. The van der Waals surface area contributed by atoms with Crippen LogP contribution < -0.4 is 5.32 Å². The van der Waals surface area contributed by atoms with Gasteiger partial charge in [-0.3, -0.25) is 9.59 Å². The average Bonchev–Trinajstić information content (AvgIpc) is 3.19. The number of hydrogen-bond donors (Lipinski definition) is 1. The van der Waals surface area contributed by atoms with Crippen LogP contribution in [0.2, 0.25) is 0 Å². The third kappa shape index (κ3) is 5.05. The first kappa shape index (κ1) is 22.4. The van der Waals surface area contributed by atoms with Gasteiger partial charge in [0.1, 0.15) is 11.4 Å². The van der Waals surface area contributed by atoms with Crippen molar-refractivity contribution in [3.63, 3.8) is 0 Å². The van der Waals surface area contributed by atoms with E-state index in [1.165, 1.54) is 17.0 Å². The molecular formula is C20H24FN3O4S2. The van der Waals surface area contributed by atoms with E-state index in [1.807, 2.05) is 17.5 Å². The summed E-state index contributed by atoms with van der Waals surface area (Å²) in [6, 6.07) is 9.58. The molecule has 1 aliphatic rings. The van der Waals surface area contributed by atoms with Gasteiger partial charge < -0.3 is 10.2 Å². The summed E-state index contributed by atoms with van der Waals surface area (Å²) in [5, 5.41) is 4.71. The number of nitrogens with one attached hydrogen (secondary N) is 1. The summed E-state index contributed by atoms with van der Waals surface area (Å²) in [5.74, 6) is -1.25. The van der Waals surface area contributed by atoms with Crippen molar-refractivity contribution in [2.45, 2.75) is 25.4 Å². The molecule has 1 aromatic heterocycles. The van der Waals surface area contributed by atoms with Crippen molar-refractivity contribution in [3.05, 3.63) is 58.0 Å². The SMILES string of the molecule is C[C@@]1(C(=O)NCc2ccc(F)cc2)CN(S(C)(=O)=O)CC(=O)N1CCc1cccs1. The first-order valence-corrected chi connectivity index (χ1v) is 12.1. The van der Waals surface area contributed by atoms with Gasteiger partial charge in [0, 0.05) is 24.5 Å². The van der Waals surface area contributed by atoms with Gasteiger partial charge in [-0.05, 0) is 42.5 Å². The molecule has 0 radical (unpaired) electrons. The van der Waals surface area contributed by atoms with Crippen molar-refractivity contribution in [2.24, 2.45) is 0 Å². The van der Waals surface area contributed by atoms with Crippen molar-refractivity contribution in [3.8, 4) is 0 Å². The standard InChI is InChI=1S/C20H24FN3O4S2/c1-20(19(26)22-12-15-5-7-16(21)8-6-15)14-23(30(2,27)28)13-18(25)24(20)10-9-17-4-3-11-29-17/h3-8,11H,9-10,12-14H2,1-2H3,(H,22,26)/t20-/m0/s1. The molecule has 30 heavy (non-hydrogen) atoms. The van der Waals surface area contributed by atoms with E-state index < -0.39 is 27.4 Å². The van der Waals surface area contributed by atoms with Crippen LogP contribution in [0.1, 0.15) is 17.4 Å². The first-order valence-electron chi connectivity index (χ1n) is 9.40. The van der Waals surface area contributed by atoms with Gasteiger partial charge >= 0.3 is 0 Å². The van der Waals surface area contributed by atoms with Gasteiger partial charge in [-0.1, -0.05) is 18.2 Å². The molecule has 0 unspecified atom stereocenters. The Balaban J connectivity index is 1.80. The molecule has 2 heterocycles. The smallest absolute Gasteiger partial charge is 0.247 e.